The van der Waals surface area contributed by atoms with Gasteiger partial charge in [0.25, 0.3) is 5.91 Å². The van der Waals surface area contributed by atoms with Gasteiger partial charge < -0.3 is 10.4 Å². The molecule has 1 amide bonds. The Morgan fingerprint density at radius 3 is 2.65 bits per heavy atom. The van der Waals surface area contributed by atoms with Crippen molar-refractivity contribution in [1.29, 1.82) is 0 Å². The molecule has 2 rings (SSSR count). The molecule has 1 aromatic heterocycles. The van der Waals surface area contributed by atoms with Crippen molar-refractivity contribution in [3.63, 3.8) is 0 Å². The average Bonchev–Trinajstić information content (AvgIpc) is 2.44. The number of nitrogens with one attached hydrogen (secondary N) is 1. The number of pyridine rings is 1. The van der Waals surface area contributed by atoms with Crippen LogP contribution in [0.2, 0.25) is 0 Å². The third-order valence-electron chi connectivity index (χ3n) is 4.22. The summed E-state index contributed by atoms with van der Waals surface area (Å²) < 4.78 is 0. The molecule has 5 nitrogen and oxygen atoms in total. The molecule has 1 fully saturated rings. The summed E-state index contributed by atoms with van der Waals surface area (Å²) in [5, 5.41) is 11.9. The van der Waals surface area contributed by atoms with Gasteiger partial charge >= 0.3 is 5.97 Å². The zero-order valence-electron chi connectivity index (χ0n) is 11.8. The Kier molecular flexibility index (Phi) is 4.37. The highest BCUT2D eigenvalue weighted by Gasteiger charge is 2.28. The summed E-state index contributed by atoms with van der Waals surface area (Å²) >= 11 is 0. The number of aromatic nitrogens is 1. The van der Waals surface area contributed by atoms with Crippen molar-refractivity contribution in [3.05, 3.63) is 29.6 Å². The molecule has 0 aromatic carbocycles. The molecule has 1 saturated carbocycles. The van der Waals surface area contributed by atoms with Gasteiger partial charge in [-0.25, -0.2) is 9.78 Å². The van der Waals surface area contributed by atoms with Crippen LogP contribution in [0.5, 0.6) is 0 Å². The molecule has 3 unspecified atom stereocenters. The molecule has 2 N–H and O–H groups in total. The van der Waals surface area contributed by atoms with E-state index in [1.54, 1.807) is 6.07 Å². The summed E-state index contributed by atoms with van der Waals surface area (Å²) in [6, 6.07) is 4.60. The van der Waals surface area contributed by atoms with E-state index in [2.05, 4.69) is 24.1 Å². The third kappa shape index (κ3) is 3.15. The fourth-order valence-electron chi connectivity index (χ4n) is 2.71. The molecule has 20 heavy (non-hydrogen) atoms. The second-order valence-electron chi connectivity index (χ2n) is 5.56. The zero-order valence-corrected chi connectivity index (χ0v) is 11.8. The quantitative estimate of drug-likeness (QED) is 0.888. The van der Waals surface area contributed by atoms with Gasteiger partial charge in [0, 0.05) is 6.04 Å². The lowest BCUT2D eigenvalue weighted by atomic mass is 9.78. The number of carbonyl (C=O) groups excluding carboxylic acids is 1. The monoisotopic (exact) mass is 276 g/mol. The van der Waals surface area contributed by atoms with E-state index in [1.165, 1.54) is 18.6 Å². The van der Waals surface area contributed by atoms with Crippen molar-refractivity contribution < 1.29 is 14.7 Å². The van der Waals surface area contributed by atoms with Gasteiger partial charge in [-0.05, 0) is 30.4 Å². The minimum atomic E-state index is -1.13. The smallest absolute Gasteiger partial charge is 0.354 e. The van der Waals surface area contributed by atoms with Gasteiger partial charge in [0.2, 0.25) is 0 Å². The predicted molar refractivity (Wildman–Crippen MR) is 74.6 cm³/mol. The van der Waals surface area contributed by atoms with Crippen molar-refractivity contribution in [2.24, 2.45) is 11.8 Å². The van der Waals surface area contributed by atoms with E-state index in [0.29, 0.717) is 11.8 Å². The maximum Gasteiger partial charge on any atom is 0.354 e. The lowest BCUT2D eigenvalue weighted by Crippen LogP contribution is -2.44. The van der Waals surface area contributed by atoms with Gasteiger partial charge in [0.1, 0.15) is 11.4 Å². The fraction of sp³-hybridized carbons (Fsp3) is 0.533. The second kappa shape index (κ2) is 6.03. The molecule has 1 aliphatic carbocycles. The van der Waals surface area contributed by atoms with E-state index >= 15 is 0 Å². The Morgan fingerprint density at radius 1 is 1.25 bits per heavy atom. The summed E-state index contributed by atoms with van der Waals surface area (Å²) in [7, 11) is 0. The molecule has 1 heterocycles. The highest BCUT2D eigenvalue weighted by atomic mass is 16.4. The number of aromatic carboxylic acids is 1. The van der Waals surface area contributed by atoms with E-state index in [4.69, 9.17) is 5.11 Å². The van der Waals surface area contributed by atoms with Gasteiger partial charge in [-0.15, -0.1) is 0 Å². The predicted octanol–water partition coefficient (Wildman–Crippen LogP) is 2.33. The van der Waals surface area contributed by atoms with E-state index in [1.807, 2.05) is 0 Å². The zero-order chi connectivity index (χ0) is 14.7. The topological polar surface area (TPSA) is 79.3 Å². The average molecular weight is 276 g/mol. The van der Waals surface area contributed by atoms with Crippen molar-refractivity contribution >= 4 is 11.9 Å². The molecule has 0 bridgehead atoms. The molecule has 3 atom stereocenters. The van der Waals surface area contributed by atoms with E-state index in [9.17, 15) is 9.59 Å². The van der Waals surface area contributed by atoms with Crippen LogP contribution in [0.15, 0.2) is 18.2 Å². The van der Waals surface area contributed by atoms with Crippen LogP contribution in [0.3, 0.4) is 0 Å². The Hall–Kier alpha value is -1.91. The van der Waals surface area contributed by atoms with Gasteiger partial charge in [-0.1, -0.05) is 32.8 Å². The van der Waals surface area contributed by atoms with Crippen LogP contribution < -0.4 is 5.32 Å². The lowest BCUT2D eigenvalue weighted by molar-refractivity contribution is 0.0690. The van der Waals surface area contributed by atoms with Crippen LogP contribution in [-0.2, 0) is 0 Å². The molecule has 1 aliphatic rings. The number of nitrogens with zero attached hydrogens (tertiary/aromatic N) is 1. The van der Waals surface area contributed by atoms with Crippen molar-refractivity contribution in [2.75, 3.05) is 0 Å². The standard InChI is InChI=1S/C15H20N2O3/c1-9-5-3-6-11(10(9)2)17-14(18)12-7-4-8-13(16-12)15(19)20/h4,7-11H,3,5-6H2,1-2H3,(H,17,18)(H,19,20). The van der Waals surface area contributed by atoms with Gasteiger partial charge in [-0.2, -0.15) is 0 Å². The van der Waals surface area contributed by atoms with Crippen LogP contribution in [0.4, 0.5) is 0 Å². The lowest BCUT2D eigenvalue weighted by Gasteiger charge is -2.34. The summed E-state index contributed by atoms with van der Waals surface area (Å²) in [5.41, 5.74) is 0.0537. The normalized spacial score (nSPS) is 26.0. The summed E-state index contributed by atoms with van der Waals surface area (Å²) in [6.45, 7) is 4.35. The van der Waals surface area contributed by atoms with Crippen LogP contribution in [0, 0.1) is 11.8 Å². The number of carboxylic acids is 1. The molecule has 0 aliphatic heterocycles. The van der Waals surface area contributed by atoms with Gasteiger partial charge in [0.15, 0.2) is 0 Å². The van der Waals surface area contributed by atoms with E-state index in [0.717, 1.165) is 12.8 Å². The molecule has 5 heteroatoms. The molecular weight excluding hydrogens is 256 g/mol. The van der Waals surface area contributed by atoms with E-state index in [-0.39, 0.29) is 23.3 Å². The first-order valence-electron chi connectivity index (χ1n) is 7.00. The summed E-state index contributed by atoms with van der Waals surface area (Å²) in [5.74, 6) is -0.402. The number of hydrogen-bond acceptors (Lipinski definition) is 3. The van der Waals surface area contributed by atoms with Crippen LogP contribution >= 0.6 is 0 Å². The highest BCUT2D eigenvalue weighted by Crippen LogP contribution is 2.29. The van der Waals surface area contributed by atoms with Crippen LogP contribution in [0.1, 0.15) is 54.1 Å². The number of hydrogen-bond donors (Lipinski definition) is 2. The molecular formula is C15H20N2O3. The molecule has 0 saturated heterocycles. The second-order valence-corrected chi connectivity index (χ2v) is 5.56. The number of carboxylic acid groups (broad SMARTS) is 1. The SMILES string of the molecule is CC1CCCC(NC(=O)c2cccc(C(=O)O)n2)C1C. The Balaban J connectivity index is 2.08. The molecule has 0 spiro atoms. The minimum Gasteiger partial charge on any atom is -0.477 e. The van der Waals surface area contributed by atoms with Crippen molar-refractivity contribution in [3.8, 4) is 0 Å². The molecule has 0 radical (unpaired) electrons. The Labute approximate surface area is 118 Å². The van der Waals surface area contributed by atoms with Gasteiger partial charge in [0.05, 0.1) is 0 Å². The first kappa shape index (κ1) is 14.5. The summed E-state index contributed by atoms with van der Waals surface area (Å²) in [6.07, 6.45) is 3.27. The van der Waals surface area contributed by atoms with Crippen LogP contribution in [0.25, 0.3) is 0 Å². The summed E-state index contributed by atoms with van der Waals surface area (Å²) in [4.78, 5) is 26.9. The minimum absolute atomic E-state index is 0.109. The number of rotatable bonds is 3. The first-order chi connectivity index (χ1) is 9.49. The third-order valence-corrected chi connectivity index (χ3v) is 4.22. The maximum atomic E-state index is 12.2. The maximum absolute atomic E-state index is 12.2. The highest BCUT2D eigenvalue weighted by molar-refractivity contribution is 5.94. The molecule has 1 aromatic rings. The first-order valence-corrected chi connectivity index (χ1v) is 7.00. The van der Waals surface area contributed by atoms with Crippen molar-refractivity contribution in [2.45, 2.75) is 39.2 Å². The number of carbonyl (C=O) groups is 2. The fourth-order valence-corrected chi connectivity index (χ4v) is 2.71. The largest absolute Gasteiger partial charge is 0.477 e. The Morgan fingerprint density at radius 2 is 1.95 bits per heavy atom. The van der Waals surface area contributed by atoms with Crippen molar-refractivity contribution in [1.82, 2.24) is 10.3 Å². The number of amides is 1. The molecule has 108 valence electrons. The van der Waals surface area contributed by atoms with E-state index < -0.39 is 5.97 Å². The van der Waals surface area contributed by atoms with Gasteiger partial charge in [-0.3, -0.25) is 4.79 Å². The van der Waals surface area contributed by atoms with Crippen LogP contribution in [-0.4, -0.2) is 28.0 Å². The Bertz CT molecular complexity index is 516.